The first-order valence-electron chi connectivity index (χ1n) is 13.1. The van der Waals surface area contributed by atoms with Crippen LogP contribution in [0.3, 0.4) is 0 Å². The molecule has 1 atom stereocenters. The Kier molecular flexibility index (Phi) is 5.86. The maximum atomic E-state index is 14.0. The zero-order valence-corrected chi connectivity index (χ0v) is 23.0. The molecule has 4 heterocycles. The second-order valence-electron chi connectivity index (χ2n) is 10.3. The van der Waals surface area contributed by atoms with Crippen molar-refractivity contribution in [2.45, 2.75) is 12.3 Å². The number of anilines is 5. The molecule has 0 aliphatic carbocycles. The van der Waals surface area contributed by atoms with Crippen LogP contribution in [0.2, 0.25) is 0 Å². The Bertz CT molecular complexity index is 1860. The van der Waals surface area contributed by atoms with Crippen molar-refractivity contribution in [2.24, 2.45) is 0 Å². The van der Waals surface area contributed by atoms with Gasteiger partial charge in [-0.3, -0.25) is 9.97 Å². The van der Waals surface area contributed by atoms with Crippen LogP contribution < -0.4 is 15.5 Å². The molecule has 3 N–H and O–H groups in total. The molecule has 40 heavy (non-hydrogen) atoms. The number of nitrogens with zero attached hydrogens (tertiary/aromatic N) is 4. The fraction of sp³-hybridized carbons (Fsp3) is 0.129. The third-order valence-electron chi connectivity index (χ3n) is 7.10. The highest BCUT2D eigenvalue weighted by molar-refractivity contribution is 7.19. The van der Waals surface area contributed by atoms with Crippen LogP contribution in [0.25, 0.3) is 33.3 Å². The molecule has 0 amide bonds. The Morgan fingerprint density at radius 1 is 0.825 bits per heavy atom. The van der Waals surface area contributed by atoms with E-state index in [1.165, 1.54) is 0 Å². The second kappa shape index (κ2) is 9.57. The topological polar surface area (TPSA) is 81.8 Å². The molecule has 1 fully saturated rings. The third kappa shape index (κ3) is 4.82. The normalized spacial score (nSPS) is 14.3. The minimum absolute atomic E-state index is 0.373. The average molecular weight is 548 g/mol. The summed E-state index contributed by atoms with van der Waals surface area (Å²) in [6.45, 7) is 2.72. The summed E-state index contributed by atoms with van der Waals surface area (Å²) in [5.74, 6) is 0.810. The van der Waals surface area contributed by atoms with Gasteiger partial charge >= 0.3 is 0 Å². The van der Waals surface area contributed by atoms with Gasteiger partial charge < -0.3 is 20.5 Å². The first-order valence-corrected chi connectivity index (χ1v) is 13.6. The van der Waals surface area contributed by atoms with Crippen LogP contribution in [0, 0.1) is 6.92 Å². The molecule has 0 spiro atoms. The SMILES string of the molecule is Cc1cc(Nc2ccc3[nH]c(-c4ccc(Nc5ccnc6ccc(N7CC(F)(P)C7)cc56)cc4)nc3c2)ccn1. The standard InChI is InChI=1S/C31H27FN7P/c1-19-14-23(10-12-33-19)35-22-6-8-28-29(15-22)38-30(37-28)20-2-4-21(5-3-20)36-27-11-13-34-26-9-7-24(16-25(26)27)39-17-31(32,40)18-39/h2-16H,17-18,40H2,1H3,(H,33,35)(H,34,36)(H,37,38). The fourth-order valence-corrected chi connectivity index (χ4v) is 5.53. The molecule has 9 heteroatoms. The number of H-pyrrole nitrogens is 1. The predicted octanol–water partition coefficient (Wildman–Crippen LogP) is 7.33. The summed E-state index contributed by atoms with van der Waals surface area (Å²) in [5, 5.41) is 6.74. The first-order chi connectivity index (χ1) is 19.4. The summed E-state index contributed by atoms with van der Waals surface area (Å²) in [5.41, 5.74) is 9.56. The van der Waals surface area contributed by atoms with Gasteiger partial charge in [0.1, 0.15) is 5.82 Å². The van der Waals surface area contributed by atoms with Gasteiger partial charge in [0.2, 0.25) is 0 Å². The minimum Gasteiger partial charge on any atom is -0.364 e. The van der Waals surface area contributed by atoms with E-state index >= 15 is 0 Å². The molecule has 3 aromatic carbocycles. The largest absolute Gasteiger partial charge is 0.364 e. The Hall–Kier alpha value is -4.55. The fourth-order valence-electron chi connectivity index (χ4n) is 5.09. The Morgan fingerprint density at radius 3 is 2.40 bits per heavy atom. The van der Waals surface area contributed by atoms with Crippen LogP contribution in [-0.4, -0.2) is 38.4 Å². The van der Waals surface area contributed by atoms with Crippen LogP contribution in [0.5, 0.6) is 0 Å². The van der Waals surface area contributed by atoms with E-state index in [0.29, 0.717) is 13.1 Å². The molecular formula is C31H27FN7P. The van der Waals surface area contributed by atoms with E-state index in [1.54, 1.807) is 12.4 Å². The molecule has 198 valence electrons. The van der Waals surface area contributed by atoms with Crippen LogP contribution in [0.15, 0.2) is 91.3 Å². The van der Waals surface area contributed by atoms with Gasteiger partial charge in [-0.1, -0.05) is 9.24 Å². The molecule has 6 aromatic rings. The highest BCUT2D eigenvalue weighted by atomic mass is 31.0. The number of halogens is 1. The van der Waals surface area contributed by atoms with E-state index in [9.17, 15) is 4.39 Å². The molecule has 7 nitrogen and oxygen atoms in total. The van der Waals surface area contributed by atoms with Gasteiger partial charge in [-0.25, -0.2) is 9.37 Å². The number of hydrogen-bond acceptors (Lipinski definition) is 6. The number of rotatable bonds is 6. The van der Waals surface area contributed by atoms with Crippen molar-refractivity contribution in [3.8, 4) is 11.4 Å². The summed E-state index contributed by atoms with van der Waals surface area (Å²) in [6, 6.07) is 26.3. The van der Waals surface area contributed by atoms with Gasteiger partial charge in [-0.15, -0.1) is 0 Å². The van der Waals surface area contributed by atoms with Crippen LogP contribution in [0.1, 0.15) is 5.69 Å². The van der Waals surface area contributed by atoms with E-state index in [-0.39, 0.29) is 0 Å². The van der Waals surface area contributed by atoms with Gasteiger partial charge in [0.25, 0.3) is 0 Å². The van der Waals surface area contributed by atoms with Crippen molar-refractivity contribution in [1.82, 2.24) is 19.9 Å². The van der Waals surface area contributed by atoms with Crippen molar-refractivity contribution in [3.05, 3.63) is 97.0 Å². The van der Waals surface area contributed by atoms with Crippen LogP contribution >= 0.6 is 9.24 Å². The van der Waals surface area contributed by atoms with Gasteiger partial charge in [-0.05, 0) is 85.8 Å². The molecule has 1 aliphatic rings. The molecular weight excluding hydrogens is 520 g/mol. The maximum absolute atomic E-state index is 14.0. The molecule has 1 saturated heterocycles. The number of pyridine rings is 2. The zero-order chi connectivity index (χ0) is 27.3. The van der Waals surface area contributed by atoms with Crippen molar-refractivity contribution >= 4 is 59.6 Å². The predicted molar refractivity (Wildman–Crippen MR) is 165 cm³/mol. The first kappa shape index (κ1) is 24.5. The van der Waals surface area contributed by atoms with Crippen molar-refractivity contribution < 1.29 is 4.39 Å². The monoisotopic (exact) mass is 547 g/mol. The van der Waals surface area contributed by atoms with Gasteiger partial charge in [-0.2, -0.15) is 0 Å². The Morgan fingerprint density at radius 2 is 1.60 bits per heavy atom. The molecule has 0 saturated carbocycles. The van der Waals surface area contributed by atoms with Crippen molar-refractivity contribution in [3.63, 3.8) is 0 Å². The van der Waals surface area contributed by atoms with Gasteiger partial charge in [0.15, 0.2) is 5.41 Å². The Balaban J connectivity index is 1.11. The molecule has 7 rings (SSSR count). The highest BCUT2D eigenvalue weighted by Gasteiger charge is 2.39. The number of hydrogen-bond donors (Lipinski definition) is 3. The van der Waals surface area contributed by atoms with Gasteiger partial charge in [0.05, 0.1) is 29.6 Å². The van der Waals surface area contributed by atoms with Crippen LogP contribution in [-0.2, 0) is 0 Å². The quantitative estimate of drug-likeness (QED) is 0.190. The number of imidazole rings is 1. The average Bonchev–Trinajstić information content (AvgIpc) is 3.36. The zero-order valence-electron chi connectivity index (χ0n) is 21.8. The number of fused-ring (bicyclic) bond motifs is 2. The lowest BCUT2D eigenvalue weighted by atomic mass is 10.1. The summed E-state index contributed by atoms with van der Waals surface area (Å²) in [6.07, 6.45) is 3.59. The summed E-state index contributed by atoms with van der Waals surface area (Å²) < 4.78 is 14.0. The smallest absolute Gasteiger partial charge is 0.158 e. The number of nitrogens with one attached hydrogen (secondary N) is 3. The molecule has 3 aromatic heterocycles. The minimum atomic E-state index is -1.20. The number of aryl methyl sites for hydroxylation is 1. The summed E-state index contributed by atoms with van der Waals surface area (Å²) in [4.78, 5) is 19.1. The lowest BCUT2D eigenvalue weighted by Gasteiger charge is -2.43. The van der Waals surface area contributed by atoms with Crippen LogP contribution in [0.4, 0.5) is 32.8 Å². The molecule has 1 aliphatic heterocycles. The number of aromatic nitrogens is 4. The van der Waals surface area contributed by atoms with E-state index in [2.05, 4.69) is 40.9 Å². The van der Waals surface area contributed by atoms with Gasteiger partial charge in [0, 0.05) is 57.5 Å². The molecule has 1 unspecified atom stereocenters. The van der Waals surface area contributed by atoms with E-state index in [0.717, 1.165) is 67.5 Å². The second-order valence-corrected chi connectivity index (χ2v) is 11.3. The van der Waals surface area contributed by atoms with E-state index in [4.69, 9.17) is 4.98 Å². The lowest BCUT2D eigenvalue weighted by molar-refractivity contribution is 0.232. The summed E-state index contributed by atoms with van der Waals surface area (Å²) >= 11 is 0. The Labute approximate surface area is 233 Å². The molecule has 0 bridgehead atoms. The summed E-state index contributed by atoms with van der Waals surface area (Å²) in [7, 11) is 2.30. The number of alkyl halides is 1. The lowest BCUT2D eigenvalue weighted by Crippen LogP contribution is -2.55. The highest BCUT2D eigenvalue weighted by Crippen LogP contribution is 2.37. The van der Waals surface area contributed by atoms with Crippen molar-refractivity contribution in [1.29, 1.82) is 0 Å². The molecule has 0 radical (unpaired) electrons. The van der Waals surface area contributed by atoms with E-state index < -0.39 is 5.41 Å². The number of benzene rings is 3. The number of aromatic amines is 1. The van der Waals surface area contributed by atoms with E-state index in [1.807, 2.05) is 84.6 Å². The third-order valence-corrected chi connectivity index (χ3v) is 7.47. The van der Waals surface area contributed by atoms with Crippen molar-refractivity contribution in [2.75, 3.05) is 28.6 Å². The maximum Gasteiger partial charge on any atom is 0.158 e.